The highest BCUT2D eigenvalue weighted by atomic mass is 35.5. The molecule has 0 atom stereocenters. The maximum absolute atomic E-state index is 11.0. The van der Waals surface area contributed by atoms with Crippen LogP contribution in [0.2, 0.25) is 5.02 Å². The molecule has 0 bridgehead atoms. The van der Waals surface area contributed by atoms with Crippen LogP contribution in [0.25, 0.3) is 0 Å². The molecule has 0 radical (unpaired) electrons. The second kappa shape index (κ2) is 4.20. The first-order chi connectivity index (χ1) is 6.75. The van der Waals surface area contributed by atoms with Gasteiger partial charge in [-0.15, -0.1) is 0 Å². The van der Waals surface area contributed by atoms with Gasteiger partial charge in [-0.25, -0.2) is 0 Å². The molecule has 0 saturated carbocycles. The zero-order valence-electron chi connectivity index (χ0n) is 7.50. The topological polar surface area (TPSA) is 17.1 Å². The largest absolute Gasteiger partial charge is 0.295 e. The SMILES string of the molecule is O=C1C=C(Sc2ccccc2Cl)CC1. The molecule has 3 heteroatoms. The predicted octanol–water partition coefficient (Wildman–Crippen LogP) is 3.68. The van der Waals surface area contributed by atoms with Gasteiger partial charge in [0.1, 0.15) is 0 Å². The van der Waals surface area contributed by atoms with E-state index in [4.69, 9.17) is 11.6 Å². The highest BCUT2D eigenvalue weighted by Gasteiger charge is 2.13. The van der Waals surface area contributed by atoms with Crippen LogP contribution in [0.4, 0.5) is 0 Å². The molecule has 72 valence electrons. The Morgan fingerprint density at radius 1 is 1.21 bits per heavy atom. The van der Waals surface area contributed by atoms with Gasteiger partial charge >= 0.3 is 0 Å². The number of carbonyl (C=O) groups excluding carboxylic acids is 1. The van der Waals surface area contributed by atoms with Gasteiger partial charge in [0.2, 0.25) is 0 Å². The minimum Gasteiger partial charge on any atom is -0.295 e. The zero-order valence-corrected chi connectivity index (χ0v) is 9.07. The van der Waals surface area contributed by atoms with E-state index in [9.17, 15) is 4.79 Å². The molecule has 0 aliphatic heterocycles. The van der Waals surface area contributed by atoms with Crippen molar-refractivity contribution in [3.05, 3.63) is 40.3 Å². The summed E-state index contributed by atoms with van der Waals surface area (Å²) in [7, 11) is 0. The molecule has 2 rings (SSSR count). The van der Waals surface area contributed by atoms with Crippen LogP contribution >= 0.6 is 23.4 Å². The lowest BCUT2D eigenvalue weighted by atomic mass is 10.3. The number of thioether (sulfide) groups is 1. The molecule has 0 aromatic heterocycles. The van der Waals surface area contributed by atoms with Crippen molar-refractivity contribution in [1.82, 2.24) is 0 Å². The Kier molecular flexibility index (Phi) is 2.94. The first-order valence-electron chi connectivity index (χ1n) is 4.41. The smallest absolute Gasteiger partial charge is 0.156 e. The molecule has 0 N–H and O–H groups in total. The summed E-state index contributed by atoms with van der Waals surface area (Å²) in [6.45, 7) is 0. The van der Waals surface area contributed by atoms with E-state index in [-0.39, 0.29) is 5.78 Å². The zero-order chi connectivity index (χ0) is 9.97. The molecular formula is C11H9ClOS. The van der Waals surface area contributed by atoms with Gasteiger partial charge in [-0.2, -0.15) is 0 Å². The van der Waals surface area contributed by atoms with Crippen molar-refractivity contribution >= 4 is 29.1 Å². The van der Waals surface area contributed by atoms with Crippen molar-refractivity contribution in [1.29, 1.82) is 0 Å². The quantitative estimate of drug-likeness (QED) is 0.763. The fourth-order valence-electron chi connectivity index (χ4n) is 1.32. The van der Waals surface area contributed by atoms with E-state index in [0.29, 0.717) is 6.42 Å². The van der Waals surface area contributed by atoms with Crippen molar-refractivity contribution < 1.29 is 4.79 Å². The first kappa shape index (κ1) is 9.81. The lowest BCUT2D eigenvalue weighted by Gasteiger charge is -2.02. The summed E-state index contributed by atoms with van der Waals surface area (Å²) in [5.41, 5.74) is 0. The minimum atomic E-state index is 0.222. The van der Waals surface area contributed by atoms with Gasteiger partial charge in [-0.05, 0) is 29.5 Å². The summed E-state index contributed by atoms with van der Waals surface area (Å²) in [4.78, 5) is 13.1. The molecule has 1 aliphatic carbocycles. The lowest BCUT2D eigenvalue weighted by Crippen LogP contribution is -1.80. The van der Waals surface area contributed by atoms with Gasteiger partial charge < -0.3 is 0 Å². The maximum atomic E-state index is 11.0. The number of halogens is 1. The van der Waals surface area contributed by atoms with Gasteiger partial charge in [-0.3, -0.25) is 4.79 Å². The molecule has 0 unspecified atom stereocenters. The number of allylic oxidation sites excluding steroid dienone is 2. The van der Waals surface area contributed by atoms with Crippen molar-refractivity contribution in [2.24, 2.45) is 0 Å². The molecule has 14 heavy (non-hydrogen) atoms. The predicted molar refractivity (Wildman–Crippen MR) is 59.6 cm³/mol. The van der Waals surface area contributed by atoms with Crippen LogP contribution in [0.1, 0.15) is 12.8 Å². The summed E-state index contributed by atoms with van der Waals surface area (Å²) < 4.78 is 0. The van der Waals surface area contributed by atoms with Crippen LogP contribution in [0.3, 0.4) is 0 Å². The van der Waals surface area contributed by atoms with E-state index in [2.05, 4.69) is 0 Å². The standard InChI is InChI=1S/C11H9ClOS/c12-10-3-1-2-4-11(10)14-9-6-5-8(13)7-9/h1-4,7H,5-6H2. The summed E-state index contributed by atoms with van der Waals surface area (Å²) in [6.07, 6.45) is 3.22. The molecule has 1 aromatic rings. The number of ketones is 1. The highest BCUT2D eigenvalue weighted by molar-refractivity contribution is 8.03. The number of carbonyl (C=O) groups is 1. The first-order valence-corrected chi connectivity index (χ1v) is 5.61. The van der Waals surface area contributed by atoms with Crippen molar-refractivity contribution in [2.45, 2.75) is 17.7 Å². The number of hydrogen-bond acceptors (Lipinski definition) is 2. The summed E-state index contributed by atoms with van der Waals surface area (Å²) in [5, 5.41) is 0.748. The fourth-order valence-corrected chi connectivity index (χ4v) is 2.56. The molecule has 0 fully saturated rings. The molecule has 0 saturated heterocycles. The Balaban J connectivity index is 2.15. The second-order valence-corrected chi connectivity index (χ2v) is 4.68. The normalized spacial score (nSPS) is 15.8. The van der Waals surface area contributed by atoms with Crippen molar-refractivity contribution in [3.63, 3.8) is 0 Å². The molecule has 0 amide bonds. The van der Waals surface area contributed by atoms with E-state index in [1.807, 2.05) is 24.3 Å². The Bertz CT molecular complexity index is 398. The summed E-state index contributed by atoms with van der Waals surface area (Å²) >= 11 is 7.60. The Hall–Kier alpha value is -0.730. The molecule has 1 aliphatic rings. The Morgan fingerprint density at radius 2 is 2.00 bits per heavy atom. The average molecular weight is 225 g/mol. The van der Waals surface area contributed by atoms with E-state index in [0.717, 1.165) is 21.2 Å². The van der Waals surface area contributed by atoms with Gasteiger partial charge in [0.25, 0.3) is 0 Å². The van der Waals surface area contributed by atoms with E-state index in [1.54, 1.807) is 17.8 Å². The minimum absolute atomic E-state index is 0.222. The monoisotopic (exact) mass is 224 g/mol. The summed E-state index contributed by atoms with van der Waals surface area (Å²) in [6, 6.07) is 7.68. The number of hydrogen-bond donors (Lipinski definition) is 0. The van der Waals surface area contributed by atoms with Gasteiger partial charge in [0, 0.05) is 11.3 Å². The second-order valence-electron chi connectivity index (χ2n) is 3.11. The van der Waals surface area contributed by atoms with E-state index >= 15 is 0 Å². The van der Waals surface area contributed by atoms with Crippen LogP contribution in [0.5, 0.6) is 0 Å². The van der Waals surface area contributed by atoms with Crippen molar-refractivity contribution in [3.8, 4) is 0 Å². The molecule has 1 aromatic carbocycles. The third kappa shape index (κ3) is 2.20. The summed E-state index contributed by atoms with van der Waals surface area (Å²) in [5.74, 6) is 0.222. The maximum Gasteiger partial charge on any atom is 0.156 e. The van der Waals surface area contributed by atoms with Crippen LogP contribution < -0.4 is 0 Å². The van der Waals surface area contributed by atoms with Crippen molar-refractivity contribution in [2.75, 3.05) is 0 Å². The molecule has 1 nitrogen and oxygen atoms in total. The van der Waals surface area contributed by atoms with Gasteiger partial charge in [-0.1, -0.05) is 35.5 Å². The Labute approximate surface area is 92.1 Å². The average Bonchev–Trinajstić information content (AvgIpc) is 2.56. The Morgan fingerprint density at radius 3 is 2.64 bits per heavy atom. The van der Waals surface area contributed by atoms with Crippen LogP contribution in [0.15, 0.2) is 40.1 Å². The number of benzene rings is 1. The van der Waals surface area contributed by atoms with E-state index < -0.39 is 0 Å². The third-order valence-corrected chi connectivity index (χ3v) is 3.62. The van der Waals surface area contributed by atoms with Gasteiger partial charge in [0.05, 0.1) is 5.02 Å². The number of rotatable bonds is 2. The van der Waals surface area contributed by atoms with Crippen LogP contribution in [-0.2, 0) is 4.79 Å². The fraction of sp³-hybridized carbons (Fsp3) is 0.182. The molecule has 0 heterocycles. The highest BCUT2D eigenvalue weighted by Crippen LogP contribution is 2.36. The van der Waals surface area contributed by atoms with Gasteiger partial charge in [0.15, 0.2) is 5.78 Å². The molecular weight excluding hydrogens is 216 g/mol. The lowest BCUT2D eigenvalue weighted by molar-refractivity contribution is -0.114. The van der Waals surface area contributed by atoms with E-state index in [1.165, 1.54) is 0 Å². The third-order valence-electron chi connectivity index (χ3n) is 2.02. The molecule has 0 spiro atoms. The van der Waals surface area contributed by atoms with Crippen LogP contribution in [0, 0.1) is 0 Å². The van der Waals surface area contributed by atoms with Crippen LogP contribution in [-0.4, -0.2) is 5.78 Å².